The van der Waals surface area contributed by atoms with Crippen molar-refractivity contribution >= 4 is 16.7 Å². The van der Waals surface area contributed by atoms with E-state index in [1.54, 1.807) is 24.3 Å². The van der Waals surface area contributed by atoms with E-state index in [1.807, 2.05) is 13.8 Å². The van der Waals surface area contributed by atoms with E-state index >= 15 is 0 Å². The van der Waals surface area contributed by atoms with Crippen molar-refractivity contribution in [3.05, 3.63) is 45.0 Å². The van der Waals surface area contributed by atoms with Gasteiger partial charge in [-0.05, 0) is 18.1 Å². The zero-order valence-electron chi connectivity index (χ0n) is 11.4. The van der Waals surface area contributed by atoms with E-state index in [0.29, 0.717) is 5.39 Å². The fraction of sp³-hybridized carbons (Fsp3) is 0.357. The minimum absolute atomic E-state index is 0.214. The maximum absolute atomic E-state index is 12.1. The molecule has 0 aliphatic rings. The second-order valence-corrected chi connectivity index (χ2v) is 4.95. The summed E-state index contributed by atoms with van der Waals surface area (Å²) in [5.74, 6) is -0.335. The van der Waals surface area contributed by atoms with Gasteiger partial charge in [0.05, 0.1) is 17.4 Å². The zero-order chi connectivity index (χ0) is 14.7. The van der Waals surface area contributed by atoms with E-state index in [1.165, 1.54) is 0 Å². The lowest BCUT2D eigenvalue weighted by molar-refractivity contribution is -0.145. The first kappa shape index (κ1) is 14.0. The first-order chi connectivity index (χ1) is 9.49. The van der Waals surface area contributed by atoms with E-state index in [0.717, 1.165) is 4.68 Å². The first-order valence-electron chi connectivity index (χ1n) is 6.36. The van der Waals surface area contributed by atoms with Crippen LogP contribution in [0.5, 0.6) is 0 Å². The lowest BCUT2D eigenvalue weighted by Gasteiger charge is -2.09. The van der Waals surface area contributed by atoms with Crippen LogP contribution in [0.3, 0.4) is 0 Å². The number of nitrogens with one attached hydrogen (secondary N) is 1. The van der Waals surface area contributed by atoms with Crippen LogP contribution in [-0.4, -0.2) is 22.4 Å². The Kier molecular flexibility index (Phi) is 4.02. The number of rotatable bonds is 4. The van der Waals surface area contributed by atoms with E-state index in [9.17, 15) is 14.4 Å². The second-order valence-electron chi connectivity index (χ2n) is 4.95. The summed E-state index contributed by atoms with van der Waals surface area (Å²) in [6.07, 6.45) is 0. The van der Waals surface area contributed by atoms with Crippen LogP contribution < -0.4 is 11.1 Å². The van der Waals surface area contributed by atoms with Crippen molar-refractivity contribution in [1.82, 2.24) is 9.78 Å². The molecule has 0 saturated heterocycles. The van der Waals surface area contributed by atoms with Gasteiger partial charge >= 0.3 is 5.97 Å². The number of ether oxygens (including phenoxy) is 1. The molecule has 0 fully saturated rings. The SMILES string of the molecule is CC(C)COC(=O)Cn1[nH]c(=O)c2ccccc2c1=O. The van der Waals surface area contributed by atoms with Gasteiger partial charge in [-0.3, -0.25) is 19.5 Å². The van der Waals surface area contributed by atoms with Gasteiger partial charge < -0.3 is 4.74 Å². The number of aromatic nitrogens is 2. The van der Waals surface area contributed by atoms with Crippen LogP contribution in [0.2, 0.25) is 0 Å². The van der Waals surface area contributed by atoms with Gasteiger partial charge in [-0.15, -0.1) is 0 Å². The van der Waals surface area contributed by atoms with Gasteiger partial charge in [0.2, 0.25) is 0 Å². The van der Waals surface area contributed by atoms with Crippen molar-refractivity contribution in [1.29, 1.82) is 0 Å². The lowest BCUT2D eigenvalue weighted by Crippen LogP contribution is -2.33. The molecule has 1 N–H and O–H groups in total. The molecular formula is C14H16N2O4. The van der Waals surface area contributed by atoms with Crippen LogP contribution in [-0.2, 0) is 16.1 Å². The average molecular weight is 276 g/mol. The number of H-pyrrole nitrogens is 1. The number of esters is 1. The van der Waals surface area contributed by atoms with E-state index < -0.39 is 17.1 Å². The summed E-state index contributed by atoms with van der Waals surface area (Å²) in [4.78, 5) is 35.6. The Morgan fingerprint density at radius 3 is 2.55 bits per heavy atom. The molecule has 0 amide bonds. The molecular weight excluding hydrogens is 260 g/mol. The van der Waals surface area contributed by atoms with Crippen LogP contribution in [0.25, 0.3) is 10.8 Å². The van der Waals surface area contributed by atoms with E-state index in [4.69, 9.17) is 4.74 Å². The number of benzene rings is 1. The molecule has 0 bridgehead atoms. The first-order valence-corrected chi connectivity index (χ1v) is 6.36. The molecule has 0 aliphatic carbocycles. The third-order valence-corrected chi connectivity index (χ3v) is 2.75. The van der Waals surface area contributed by atoms with Gasteiger partial charge in [-0.1, -0.05) is 26.0 Å². The molecule has 0 atom stereocenters. The largest absolute Gasteiger partial charge is 0.464 e. The smallest absolute Gasteiger partial charge is 0.327 e. The predicted octanol–water partition coefficient (Wildman–Crippen LogP) is 0.889. The van der Waals surface area contributed by atoms with Crippen molar-refractivity contribution in [2.45, 2.75) is 20.4 Å². The number of carbonyl (C=O) groups is 1. The maximum atomic E-state index is 12.1. The van der Waals surface area contributed by atoms with Crippen molar-refractivity contribution in [2.75, 3.05) is 6.61 Å². The standard InChI is InChI=1S/C14H16N2O4/c1-9(2)8-20-12(17)7-16-14(19)11-6-4-3-5-10(11)13(18)15-16/h3-6,9H,7-8H2,1-2H3,(H,15,18). The topological polar surface area (TPSA) is 81.2 Å². The van der Waals surface area contributed by atoms with Gasteiger partial charge in [0, 0.05) is 0 Å². The fourth-order valence-corrected chi connectivity index (χ4v) is 1.79. The summed E-state index contributed by atoms with van der Waals surface area (Å²) in [6, 6.07) is 6.47. The minimum Gasteiger partial charge on any atom is -0.464 e. The molecule has 0 saturated carbocycles. The van der Waals surface area contributed by atoms with Crippen molar-refractivity contribution in [3.8, 4) is 0 Å². The summed E-state index contributed by atoms with van der Waals surface area (Å²) in [6.45, 7) is 3.81. The molecule has 2 rings (SSSR count). The Morgan fingerprint density at radius 2 is 1.90 bits per heavy atom. The Morgan fingerprint density at radius 1 is 1.25 bits per heavy atom. The molecule has 6 heteroatoms. The summed E-state index contributed by atoms with van der Waals surface area (Å²) < 4.78 is 5.97. The number of fused-ring (bicyclic) bond motifs is 1. The molecule has 2 aromatic rings. The van der Waals surface area contributed by atoms with Crippen LogP contribution >= 0.6 is 0 Å². The Balaban J connectivity index is 2.32. The lowest BCUT2D eigenvalue weighted by atomic mass is 10.2. The highest BCUT2D eigenvalue weighted by atomic mass is 16.5. The van der Waals surface area contributed by atoms with Gasteiger partial charge in [0.1, 0.15) is 6.54 Å². The number of nitrogens with zero attached hydrogens (tertiary/aromatic N) is 1. The van der Waals surface area contributed by atoms with E-state index in [2.05, 4.69) is 5.10 Å². The number of aromatic amines is 1. The highest BCUT2D eigenvalue weighted by Crippen LogP contribution is 2.02. The van der Waals surface area contributed by atoms with E-state index in [-0.39, 0.29) is 24.5 Å². The highest BCUT2D eigenvalue weighted by Gasteiger charge is 2.11. The van der Waals surface area contributed by atoms with Crippen LogP contribution in [0.4, 0.5) is 0 Å². The zero-order valence-corrected chi connectivity index (χ0v) is 11.4. The quantitative estimate of drug-likeness (QED) is 0.841. The number of carbonyl (C=O) groups excluding carboxylic acids is 1. The molecule has 106 valence electrons. The predicted molar refractivity (Wildman–Crippen MR) is 74.6 cm³/mol. The minimum atomic E-state index is -0.549. The third-order valence-electron chi connectivity index (χ3n) is 2.75. The summed E-state index contributed by atoms with van der Waals surface area (Å²) in [7, 11) is 0. The van der Waals surface area contributed by atoms with Gasteiger partial charge in [0.25, 0.3) is 11.1 Å². The van der Waals surface area contributed by atoms with Crippen LogP contribution in [0.1, 0.15) is 13.8 Å². The van der Waals surface area contributed by atoms with Crippen LogP contribution in [0.15, 0.2) is 33.9 Å². The third kappa shape index (κ3) is 2.96. The van der Waals surface area contributed by atoms with Gasteiger partial charge in [0.15, 0.2) is 0 Å². The summed E-state index contributed by atoms with van der Waals surface area (Å²) in [5.41, 5.74) is -0.821. The normalized spacial score (nSPS) is 10.9. The summed E-state index contributed by atoms with van der Waals surface area (Å²) >= 11 is 0. The molecule has 0 aliphatic heterocycles. The monoisotopic (exact) mass is 276 g/mol. The number of hydrogen-bond donors (Lipinski definition) is 1. The molecule has 1 heterocycles. The molecule has 0 spiro atoms. The fourth-order valence-electron chi connectivity index (χ4n) is 1.79. The van der Waals surface area contributed by atoms with Crippen molar-refractivity contribution in [2.24, 2.45) is 5.92 Å². The second kappa shape index (κ2) is 5.73. The molecule has 1 aromatic carbocycles. The van der Waals surface area contributed by atoms with Crippen LogP contribution in [0, 0.1) is 5.92 Å². The molecule has 0 radical (unpaired) electrons. The Bertz CT molecular complexity index is 743. The average Bonchev–Trinajstić information content (AvgIpc) is 2.42. The Hall–Kier alpha value is -2.37. The molecule has 6 nitrogen and oxygen atoms in total. The molecule has 20 heavy (non-hydrogen) atoms. The molecule has 1 aromatic heterocycles. The molecule has 0 unspecified atom stereocenters. The number of hydrogen-bond acceptors (Lipinski definition) is 4. The van der Waals surface area contributed by atoms with Gasteiger partial charge in [-0.25, -0.2) is 4.68 Å². The van der Waals surface area contributed by atoms with Crippen molar-refractivity contribution < 1.29 is 9.53 Å². The maximum Gasteiger partial charge on any atom is 0.327 e. The Labute approximate surface area is 115 Å². The highest BCUT2D eigenvalue weighted by molar-refractivity contribution is 5.80. The van der Waals surface area contributed by atoms with Gasteiger partial charge in [-0.2, -0.15) is 0 Å². The summed E-state index contributed by atoms with van der Waals surface area (Å²) in [5, 5.41) is 2.98. The van der Waals surface area contributed by atoms with Crippen molar-refractivity contribution in [3.63, 3.8) is 0 Å².